The summed E-state index contributed by atoms with van der Waals surface area (Å²) in [6, 6.07) is 10.3. The van der Waals surface area contributed by atoms with E-state index in [9.17, 15) is 4.79 Å². The molecule has 1 aromatic heterocycles. The van der Waals surface area contributed by atoms with Gasteiger partial charge in [0.2, 0.25) is 5.88 Å². The molecule has 1 saturated carbocycles. The van der Waals surface area contributed by atoms with Crippen LogP contribution in [-0.2, 0) is 17.6 Å². The molecule has 1 aliphatic heterocycles. The Morgan fingerprint density at radius 1 is 1.10 bits per heavy atom. The Morgan fingerprint density at radius 3 is 2.57 bits per heavy atom. The number of aromatic nitrogens is 1. The molecule has 2 heterocycles. The first-order valence-electron chi connectivity index (χ1n) is 10.8. The minimum absolute atomic E-state index is 0.146. The van der Waals surface area contributed by atoms with E-state index in [4.69, 9.17) is 9.84 Å². The molecule has 2 fully saturated rings. The smallest absolute Gasteiger partial charge is 0.317 e. The second-order valence-corrected chi connectivity index (χ2v) is 9.04. The van der Waals surface area contributed by atoms with Crippen molar-refractivity contribution < 1.29 is 14.6 Å². The number of ether oxygens (including phenoxy) is 1. The van der Waals surface area contributed by atoms with Crippen molar-refractivity contribution in [1.82, 2.24) is 9.88 Å². The second kappa shape index (κ2) is 7.77. The lowest BCUT2D eigenvalue weighted by molar-refractivity contribution is -0.141. The van der Waals surface area contributed by atoms with Crippen LogP contribution in [0.15, 0.2) is 36.5 Å². The minimum Gasteiger partial charge on any atom is -0.480 e. The van der Waals surface area contributed by atoms with Crippen LogP contribution in [0, 0.1) is 17.3 Å². The first-order valence-corrected chi connectivity index (χ1v) is 10.8. The highest BCUT2D eigenvalue weighted by Gasteiger charge is 2.47. The van der Waals surface area contributed by atoms with Gasteiger partial charge in [0.15, 0.2) is 0 Å². The largest absolute Gasteiger partial charge is 0.480 e. The number of carbonyl (C=O) groups is 1. The zero-order chi connectivity index (χ0) is 20.6. The molecule has 1 spiro atoms. The highest BCUT2D eigenvalue weighted by molar-refractivity contribution is 5.69. The molecule has 1 N–H and O–H groups in total. The van der Waals surface area contributed by atoms with Crippen molar-refractivity contribution in [2.75, 3.05) is 19.6 Å². The molecular weight excluding hydrogens is 376 g/mol. The first kappa shape index (κ1) is 19.1. The lowest BCUT2D eigenvalue weighted by atomic mass is 9.77. The van der Waals surface area contributed by atoms with Gasteiger partial charge in [-0.2, -0.15) is 0 Å². The molecule has 154 valence electrons. The SMILES string of the molecule is O=C(O)CN1CC2(Cc3ccc(C#Cc4ccc(OC5CCCC5)nc4)cc3C2)C1. The third kappa shape index (κ3) is 4.06. The van der Waals surface area contributed by atoms with E-state index in [-0.39, 0.29) is 12.0 Å². The van der Waals surface area contributed by atoms with Gasteiger partial charge in [0.05, 0.1) is 6.54 Å². The molecule has 5 heteroatoms. The van der Waals surface area contributed by atoms with Crippen molar-refractivity contribution in [3.8, 4) is 17.7 Å². The zero-order valence-corrected chi connectivity index (χ0v) is 17.1. The lowest BCUT2D eigenvalue weighted by Crippen LogP contribution is -2.58. The third-order valence-electron chi connectivity index (χ3n) is 6.49. The van der Waals surface area contributed by atoms with Gasteiger partial charge in [0.25, 0.3) is 0 Å². The summed E-state index contributed by atoms with van der Waals surface area (Å²) in [5, 5.41) is 8.95. The highest BCUT2D eigenvalue weighted by Crippen LogP contribution is 2.43. The predicted molar refractivity (Wildman–Crippen MR) is 113 cm³/mol. The van der Waals surface area contributed by atoms with E-state index >= 15 is 0 Å². The van der Waals surface area contributed by atoms with E-state index in [1.165, 1.54) is 24.0 Å². The van der Waals surface area contributed by atoms with Gasteiger partial charge in [0, 0.05) is 41.9 Å². The number of nitrogens with zero attached hydrogens (tertiary/aromatic N) is 2. The van der Waals surface area contributed by atoms with Crippen LogP contribution in [0.1, 0.15) is 47.9 Å². The van der Waals surface area contributed by atoms with E-state index in [0.717, 1.165) is 49.9 Å². The average Bonchev–Trinajstić information content (AvgIpc) is 3.34. The molecule has 3 aliphatic rings. The fourth-order valence-corrected chi connectivity index (χ4v) is 5.19. The Labute approximate surface area is 177 Å². The van der Waals surface area contributed by atoms with Crippen LogP contribution in [0.5, 0.6) is 5.88 Å². The average molecular weight is 402 g/mol. The molecule has 0 bridgehead atoms. The summed E-state index contributed by atoms with van der Waals surface area (Å²) in [4.78, 5) is 17.3. The van der Waals surface area contributed by atoms with Crippen LogP contribution >= 0.6 is 0 Å². The quantitative estimate of drug-likeness (QED) is 0.796. The lowest BCUT2D eigenvalue weighted by Gasteiger charge is -2.47. The van der Waals surface area contributed by atoms with Crippen molar-refractivity contribution in [3.05, 3.63) is 58.8 Å². The maximum absolute atomic E-state index is 10.9. The molecule has 2 aliphatic carbocycles. The summed E-state index contributed by atoms with van der Waals surface area (Å²) >= 11 is 0. The van der Waals surface area contributed by atoms with Gasteiger partial charge in [-0.3, -0.25) is 9.69 Å². The second-order valence-electron chi connectivity index (χ2n) is 9.04. The molecule has 1 aromatic carbocycles. The topological polar surface area (TPSA) is 62.7 Å². The zero-order valence-electron chi connectivity index (χ0n) is 17.1. The number of benzene rings is 1. The van der Waals surface area contributed by atoms with E-state index in [2.05, 4.69) is 35.0 Å². The molecular formula is C25H26N2O3. The Morgan fingerprint density at radius 2 is 1.83 bits per heavy atom. The highest BCUT2D eigenvalue weighted by atomic mass is 16.5. The molecule has 5 rings (SSSR count). The Kier molecular flexibility index (Phi) is 4.96. The number of pyridine rings is 1. The summed E-state index contributed by atoms with van der Waals surface area (Å²) in [7, 11) is 0. The van der Waals surface area contributed by atoms with Gasteiger partial charge in [-0.25, -0.2) is 4.98 Å². The normalized spacial score (nSPS) is 19.7. The fourth-order valence-electron chi connectivity index (χ4n) is 5.19. The number of hydrogen-bond acceptors (Lipinski definition) is 4. The maximum Gasteiger partial charge on any atom is 0.317 e. The predicted octanol–water partition coefficient (Wildman–Crippen LogP) is 3.29. The van der Waals surface area contributed by atoms with Crippen molar-refractivity contribution >= 4 is 5.97 Å². The van der Waals surface area contributed by atoms with E-state index < -0.39 is 5.97 Å². The maximum atomic E-state index is 10.9. The van der Waals surface area contributed by atoms with Crippen LogP contribution in [0.2, 0.25) is 0 Å². The first-order chi connectivity index (χ1) is 14.6. The van der Waals surface area contributed by atoms with Gasteiger partial charge in [0.1, 0.15) is 6.10 Å². The van der Waals surface area contributed by atoms with Gasteiger partial charge >= 0.3 is 5.97 Å². The fraction of sp³-hybridized carbons (Fsp3) is 0.440. The summed E-state index contributed by atoms with van der Waals surface area (Å²) in [6.07, 6.45) is 8.90. The van der Waals surface area contributed by atoms with E-state index in [1.807, 2.05) is 17.0 Å². The van der Waals surface area contributed by atoms with Crippen LogP contribution in [0.4, 0.5) is 0 Å². The number of aliphatic carboxylic acids is 1. The Bertz CT molecular complexity index is 1010. The van der Waals surface area contributed by atoms with E-state index in [1.54, 1.807) is 6.20 Å². The molecule has 0 radical (unpaired) electrons. The monoisotopic (exact) mass is 402 g/mol. The van der Waals surface area contributed by atoms with E-state index in [0.29, 0.717) is 12.0 Å². The van der Waals surface area contributed by atoms with Crippen molar-refractivity contribution in [2.24, 2.45) is 5.41 Å². The summed E-state index contributed by atoms with van der Waals surface area (Å²) in [6.45, 7) is 1.89. The van der Waals surface area contributed by atoms with Crippen LogP contribution in [0.3, 0.4) is 0 Å². The van der Waals surface area contributed by atoms with Gasteiger partial charge in [-0.05, 0) is 67.9 Å². The molecule has 0 unspecified atom stereocenters. The van der Waals surface area contributed by atoms with Crippen molar-refractivity contribution in [1.29, 1.82) is 0 Å². The molecule has 2 aromatic rings. The number of rotatable bonds is 4. The third-order valence-corrected chi connectivity index (χ3v) is 6.49. The Hall–Kier alpha value is -2.84. The molecule has 30 heavy (non-hydrogen) atoms. The summed E-state index contributed by atoms with van der Waals surface area (Å²) in [5.41, 5.74) is 4.86. The van der Waals surface area contributed by atoms with Crippen LogP contribution in [0.25, 0.3) is 0 Å². The number of hydrogen-bond donors (Lipinski definition) is 1. The molecule has 5 nitrogen and oxygen atoms in total. The molecule has 1 saturated heterocycles. The Balaban J connectivity index is 1.21. The molecule has 0 atom stereocenters. The standard InChI is InChI=1S/C25H26N2O3/c28-24(29)15-27-16-25(17-27)12-20-9-7-18(11-21(20)13-25)5-6-19-8-10-23(26-14-19)30-22-3-1-2-4-22/h7-11,14,22H,1-4,12-13,15-17H2,(H,28,29). The van der Waals surface area contributed by atoms with Crippen molar-refractivity contribution in [3.63, 3.8) is 0 Å². The minimum atomic E-state index is -0.745. The number of likely N-dealkylation sites (tertiary alicyclic amines) is 1. The number of carboxylic acids is 1. The summed E-state index contributed by atoms with van der Waals surface area (Å²) in [5.74, 6) is 6.41. The number of carboxylic acid groups (broad SMARTS) is 1. The van der Waals surface area contributed by atoms with Gasteiger partial charge < -0.3 is 9.84 Å². The van der Waals surface area contributed by atoms with Gasteiger partial charge in [-0.15, -0.1) is 0 Å². The van der Waals surface area contributed by atoms with Gasteiger partial charge in [-0.1, -0.05) is 17.9 Å². The van der Waals surface area contributed by atoms with Crippen LogP contribution in [-0.4, -0.2) is 46.7 Å². The van der Waals surface area contributed by atoms with Crippen molar-refractivity contribution in [2.45, 2.75) is 44.6 Å². The van der Waals surface area contributed by atoms with Crippen LogP contribution < -0.4 is 4.74 Å². The number of fused-ring (bicyclic) bond motifs is 1. The molecule has 0 amide bonds. The summed E-state index contributed by atoms with van der Waals surface area (Å²) < 4.78 is 5.91.